The van der Waals surface area contributed by atoms with E-state index in [1.54, 1.807) is 13.1 Å². The number of hydrazine groups is 1. The molecule has 0 saturated carbocycles. The Morgan fingerprint density at radius 1 is 1.78 bits per heavy atom. The van der Waals surface area contributed by atoms with Gasteiger partial charge in [-0.2, -0.15) is 0 Å². The van der Waals surface area contributed by atoms with Gasteiger partial charge in [0.2, 0.25) is 0 Å². The first-order valence-electron chi connectivity index (χ1n) is 2.46. The summed E-state index contributed by atoms with van der Waals surface area (Å²) in [5.74, 6) is 5.45. The zero-order valence-electron chi connectivity index (χ0n) is 5.33. The molecule has 0 saturated heterocycles. The van der Waals surface area contributed by atoms with Crippen LogP contribution in [0.25, 0.3) is 0 Å². The SMILES string of the molecule is C=N/C(=C\N=C/C)NN. The van der Waals surface area contributed by atoms with Gasteiger partial charge in [0.1, 0.15) is 0 Å². The van der Waals surface area contributed by atoms with Gasteiger partial charge in [0.15, 0.2) is 5.82 Å². The predicted octanol–water partition coefficient (Wildman–Crippen LogP) is 0.0399. The van der Waals surface area contributed by atoms with Crippen molar-refractivity contribution in [2.45, 2.75) is 6.92 Å². The third kappa shape index (κ3) is 3.42. The molecule has 0 aromatic carbocycles. The molecule has 4 nitrogen and oxygen atoms in total. The largest absolute Gasteiger partial charge is 0.307 e. The highest BCUT2D eigenvalue weighted by Crippen LogP contribution is 1.85. The molecule has 0 aliphatic carbocycles. The molecular formula is C5H10N4. The van der Waals surface area contributed by atoms with Crippen LogP contribution in [-0.4, -0.2) is 12.9 Å². The number of hydrogen-bond donors (Lipinski definition) is 2. The molecule has 4 heteroatoms. The predicted molar refractivity (Wildman–Crippen MR) is 39.1 cm³/mol. The Bertz CT molecular complexity index is 136. The van der Waals surface area contributed by atoms with Crippen molar-refractivity contribution < 1.29 is 0 Å². The molecule has 0 fully saturated rings. The van der Waals surface area contributed by atoms with Crippen molar-refractivity contribution in [3.8, 4) is 0 Å². The highest BCUT2D eigenvalue weighted by molar-refractivity contribution is 5.54. The average molecular weight is 126 g/mol. The minimum Gasteiger partial charge on any atom is -0.307 e. The number of nitrogens with one attached hydrogen (secondary N) is 1. The maximum absolute atomic E-state index is 5.00. The summed E-state index contributed by atoms with van der Waals surface area (Å²) in [6.07, 6.45) is 3.11. The maximum atomic E-state index is 5.00. The third-order valence-corrected chi connectivity index (χ3v) is 0.664. The lowest BCUT2D eigenvalue weighted by atomic mass is 10.7. The van der Waals surface area contributed by atoms with Gasteiger partial charge in [-0.25, -0.2) is 10.8 Å². The zero-order valence-corrected chi connectivity index (χ0v) is 5.33. The first-order chi connectivity index (χ1) is 4.35. The van der Waals surface area contributed by atoms with Gasteiger partial charge in [0, 0.05) is 6.21 Å². The van der Waals surface area contributed by atoms with Crippen molar-refractivity contribution in [3.63, 3.8) is 0 Å². The average Bonchev–Trinajstić information content (AvgIpc) is 1.91. The van der Waals surface area contributed by atoms with Crippen molar-refractivity contribution in [2.75, 3.05) is 0 Å². The highest BCUT2D eigenvalue weighted by Gasteiger charge is 1.80. The van der Waals surface area contributed by atoms with Gasteiger partial charge in [-0.3, -0.25) is 4.99 Å². The second-order valence-corrected chi connectivity index (χ2v) is 1.22. The fourth-order valence-electron chi connectivity index (χ4n) is 0.269. The molecule has 0 unspecified atom stereocenters. The second-order valence-electron chi connectivity index (χ2n) is 1.22. The summed E-state index contributed by atoms with van der Waals surface area (Å²) in [7, 11) is 0. The normalized spacial score (nSPS) is 12.0. The fourth-order valence-corrected chi connectivity index (χ4v) is 0.269. The molecule has 9 heavy (non-hydrogen) atoms. The summed E-state index contributed by atoms with van der Waals surface area (Å²) in [5.41, 5.74) is 2.30. The zero-order chi connectivity index (χ0) is 7.11. The molecule has 0 aromatic heterocycles. The molecule has 0 aromatic rings. The smallest absolute Gasteiger partial charge is 0.157 e. The molecular weight excluding hydrogens is 116 g/mol. The van der Waals surface area contributed by atoms with Crippen molar-refractivity contribution in [3.05, 3.63) is 12.0 Å². The van der Waals surface area contributed by atoms with E-state index >= 15 is 0 Å². The van der Waals surface area contributed by atoms with Crippen LogP contribution in [-0.2, 0) is 0 Å². The van der Waals surface area contributed by atoms with E-state index in [-0.39, 0.29) is 0 Å². The van der Waals surface area contributed by atoms with Crippen molar-refractivity contribution >= 4 is 12.9 Å². The lowest BCUT2D eigenvalue weighted by molar-refractivity contribution is 0.867. The molecule has 3 N–H and O–H groups in total. The van der Waals surface area contributed by atoms with E-state index < -0.39 is 0 Å². The van der Waals surface area contributed by atoms with Crippen LogP contribution in [0.2, 0.25) is 0 Å². The molecule has 0 aliphatic rings. The Labute approximate surface area is 54.2 Å². The van der Waals surface area contributed by atoms with Gasteiger partial charge >= 0.3 is 0 Å². The van der Waals surface area contributed by atoms with Gasteiger partial charge in [0.25, 0.3) is 0 Å². The minimum absolute atomic E-state index is 0.452. The topological polar surface area (TPSA) is 62.8 Å². The van der Waals surface area contributed by atoms with Crippen molar-refractivity contribution in [1.82, 2.24) is 5.43 Å². The Balaban J connectivity index is 3.90. The lowest BCUT2D eigenvalue weighted by Gasteiger charge is -1.93. The number of hydrogen-bond acceptors (Lipinski definition) is 4. The molecule has 0 amide bonds. The minimum atomic E-state index is 0.452. The van der Waals surface area contributed by atoms with Gasteiger partial charge in [-0.1, -0.05) is 0 Å². The molecule has 0 aliphatic heterocycles. The Morgan fingerprint density at radius 2 is 2.44 bits per heavy atom. The quantitative estimate of drug-likeness (QED) is 0.318. The summed E-state index contributed by atoms with van der Waals surface area (Å²) in [6, 6.07) is 0. The van der Waals surface area contributed by atoms with Crippen LogP contribution in [0.1, 0.15) is 6.92 Å². The standard InChI is InChI=1S/C5H10N4/c1-3-8-4-5(7-2)9-6/h3-4,9H,2,6H2,1H3/b5-4+,8-3-. The summed E-state index contributed by atoms with van der Waals surface area (Å²) < 4.78 is 0. The number of nitrogens with zero attached hydrogens (tertiary/aromatic N) is 2. The number of nitrogens with two attached hydrogens (primary N) is 1. The molecule has 0 radical (unpaired) electrons. The Kier molecular flexibility index (Phi) is 4.34. The maximum Gasteiger partial charge on any atom is 0.157 e. The number of aliphatic imine (C=N–C) groups is 2. The summed E-state index contributed by atoms with van der Waals surface area (Å²) >= 11 is 0. The molecule has 50 valence electrons. The van der Waals surface area contributed by atoms with Crippen LogP contribution in [0.5, 0.6) is 0 Å². The van der Waals surface area contributed by atoms with Crippen LogP contribution >= 0.6 is 0 Å². The van der Waals surface area contributed by atoms with E-state index in [4.69, 9.17) is 5.84 Å². The van der Waals surface area contributed by atoms with Crippen LogP contribution in [0.4, 0.5) is 0 Å². The van der Waals surface area contributed by atoms with Crippen molar-refractivity contribution in [1.29, 1.82) is 0 Å². The number of rotatable bonds is 3. The molecule has 0 heterocycles. The van der Waals surface area contributed by atoms with Crippen molar-refractivity contribution in [2.24, 2.45) is 15.8 Å². The van der Waals surface area contributed by atoms with E-state index in [0.717, 1.165) is 0 Å². The van der Waals surface area contributed by atoms with Crippen LogP contribution in [0.3, 0.4) is 0 Å². The summed E-state index contributed by atoms with van der Waals surface area (Å²) in [6.45, 7) is 5.05. The van der Waals surface area contributed by atoms with Crippen LogP contribution < -0.4 is 11.3 Å². The molecule has 0 rings (SSSR count). The Morgan fingerprint density at radius 3 is 2.78 bits per heavy atom. The lowest BCUT2D eigenvalue weighted by Crippen LogP contribution is -2.19. The van der Waals surface area contributed by atoms with Gasteiger partial charge in [-0.05, 0) is 13.6 Å². The Hall–Kier alpha value is -1.16. The first-order valence-corrected chi connectivity index (χ1v) is 2.46. The molecule has 0 bridgehead atoms. The second kappa shape index (κ2) is 4.99. The highest BCUT2D eigenvalue weighted by atomic mass is 15.3. The van der Waals surface area contributed by atoms with Crippen LogP contribution in [0, 0.1) is 0 Å². The van der Waals surface area contributed by atoms with E-state index in [1.807, 2.05) is 0 Å². The van der Waals surface area contributed by atoms with Crippen LogP contribution in [0.15, 0.2) is 22.0 Å². The first kappa shape index (κ1) is 7.84. The third-order valence-electron chi connectivity index (χ3n) is 0.664. The van der Waals surface area contributed by atoms with Gasteiger partial charge in [0.05, 0.1) is 6.20 Å². The van der Waals surface area contributed by atoms with Gasteiger partial charge in [-0.15, -0.1) is 0 Å². The van der Waals surface area contributed by atoms with Gasteiger partial charge < -0.3 is 5.43 Å². The van der Waals surface area contributed by atoms with E-state index in [2.05, 4.69) is 22.1 Å². The monoisotopic (exact) mass is 126 g/mol. The fraction of sp³-hybridized carbons (Fsp3) is 0.200. The summed E-state index contributed by atoms with van der Waals surface area (Å²) in [4.78, 5) is 7.26. The summed E-state index contributed by atoms with van der Waals surface area (Å²) in [5, 5.41) is 0. The molecule has 0 spiro atoms. The van der Waals surface area contributed by atoms with E-state index in [0.29, 0.717) is 5.82 Å². The van der Waals surface area contributed by atoms with E-state index in [9.17, 15) is 0 Å². The van der Waals surface area contributed by atoms with E-state index in [1.165, 1.54) is 6.20 Å². The molecule has 0 atom stereocenters.